The summed E-state index contributed by atoms with van der Waals surface area (Å²) < 4.78 is 11.9. The number of aromatic hydroxyl groups is 1. The van der Waals surface area contributed by atoms with Gasteiger partial charge in [0.15, 0.2) is 5.78 Å². The number of phenols is 1. The van der Waals surface area contributed by atoms with Crippen LogP contribution < -0.4 is 9.47 Å². The summed E-state index contributed by atoms with van der Waals surface area (Å²) in [7, 11) is 0. The van der Waals surface area contributed by atoms with Crippen LogP contribution >= 0.6 is 0 Å². The molecule has 1 aliphatic rings. The molecule has 0 atom stereocenters. The molecule has 1 aromatic carbocycles. The Morgan fingerprint density at radius 2 is 1.93 bits per heavy atom. The first kappa shape index (κ1) is 22.7. The minimum absolute atomic E-state index is 0.0189. The molecule has 0 saturated heterocycles. The number of carbonyl (C=O) groups is 2. The van der Waals surface area contributed by atoms with E-state index in [1.54, 1.807) is 6.92 Å². The first-order valence-electron chi connectivity index (χ1n) is 9.98. The second-order valence-corrected chi connectivity index (χ2v) is 7.70. The summed E-state index contributed by atoms with van der Waals surface area (Å²) in [4.78, 5) is 24.1. The Bertz CT molecular complexity index is 821. The van der Waals surface area contributed by atoms with E-state index in [0.29, 0.717) is 42.6 Å². The zero-order valence-corrected chi connectivity index (χ0v) is 17.5. The Hall–Kier alpha value is -2.54. The van der Waals surface area contributed by atoms with Crippen molar-refractivity contribution < 1.29 is 34.4 Å². The van der Waals surface area contributed by atoms with E-state index >= 15 is 0 Å². The monoisotopic (exact) mass is 406 g/mol. The fourth-order valence-electron chi connectivity index (χ4n) is 3.57. The SMILES string of the molecule is CCC/C(=C/C(=O)O)c1c(O)c(C(=O)CC)c(OCCO)c2c1OC(C)(C)CC2. The highest BCUT2D eigenvalue weighted by Crippen LogP contribution is 2.51. The van der Waals surface area contributed by atoms with Crippen LogP contribution in [0, 0.1) is 0 Å². The number of fused-ring (bicyclic) bond motifs is 1. The van der Waals surface area contributed by atoms with Crippen LogP contribution in [0.2, 0.25) is 0 Å². The minimum Gasteiger partial charge on any atom is -0.506 e. The number of Topliss-reactive ketones (excluding diaryl/α,β-unsaturated/α-hetero) is 1. The molecular weight excluding hydrogens is 376 g/mol. The maximum absolute atomic E-state index is 12.7. The van der Waals surface area contributed by atoms with Gasteiger partial charge in [-0.25, -0.2) is 4.79 Å². The van der Waals surface area contributed by atoms with Gasteiger partial charge in [0.1, 0.15) is 35.0 Å². The predicted molar refractivity (Wildman–Crippen MR) is 109 cm³/mol. The first-order valence-corrected chi connectivity index (χ1v) is 9.98. The Morgan fingerprint density at radius 3 is 2.48 bits per heavy atom. The summed E-state index contributed by atoms with van der Waals surface area (Å²) in [5.74, 6) is -1.23. The number of hydrogen-bond acceptors (Lipinski definition) is 6. The number of ether oxygens (including phenoxy) is 2. The maximum atomic E-state index is 12.7. The normalized spacial score (nSPS) is 15.4. The van der Waals surface area contributed by atoms with Crippen LogP contribution in [0.15, 0.2) is 6.08 Å². The standard InChI is InChI=1S/C22H30O7/c1-5-7-13(12-16(25)26)17-19(27)18(15(24)6-2)20(28-11-10-23)14-8-9-22(3,4)29-21(14)17/h12,23,27H,5-11H2,1-4H3,(H,25,26)/b13-12-. The number of carbonyl (C=O) groups excluding carboxylic acids is 1. The van der Waals surface area contributed by atoms with Crippen LogP contribution in [0.3, 0.4) is 0 Å². The molecule has 0 spiro atoms. The third-order valence-corrected chi connectivity index (χ3v) is 4.91. The van der Waals surface area contributed by atoms with Gasteiger partial charge in [-0.1, -0.05) is 20.3 Å². The van der Waals surface area contributed by atoms with Crippen LogP contribution in [0.25, 0.3) is 5.57 Å². The molecule has 0 aliphatic carbocycles. The van der Waals surface area contributed by atoms with Gasteiger partial charge in [-0.15, -0.1) is 0 Å². The topological polar surface area (TPSA) is 113 Å². The fraction of sp³-hybridized carbons (Fsp3) is 0.545. The number of phenolic OH excluding ortho intramolecular Hbond substituents is 1. The molecule has 2 rings (SSSR count). The molecule has 0 aromatic heterocycles. The molecule has 0 radical (unpaired) electrons. The highest BCUT2D eigenvalue weighted by Gasteiger charge is 2.36. The maximum Gasteiger partial charge on any atom is 0.328 e. The number of carboxylic acids is 1. The number of aliphatic hydroxyl groups excluding tert-OH is 1. The highest BCUT2D eigenvalue weighted by molar-refractivity contribution is 6.05. The molecule has 7 nitrogen and oxygen atoms in total. The van der Waals surface area contributed by atoms with E-state index in [2.05, 4.69) is 0 Å². The van der Waals surface area contributed by atoms with Crippen molar-refractivity contribution in [3.8, 4) is 17.2 Å². The van der Waals surface area contributed by atoms with Crippen LogP contribution in [-0.4, -0.2) is 45.9 Å². The summed E-state index contributed by atoms with van der Waals surface area (Å²) in [6.07, 6.45) is 3.43. The lowest BCUT2D eigenvalue weighted by molar-refractivity contribution is -0.131. The van der Waals surface area contributed by atoms with Crippen molar-refractivity contribution in [2.24, 2.45) is 0 Å². The van der Waals surface area contributed by atoms with Gasteiger partial charge in [0, 0.05) is 18.1 Å². The Balaban J connectivity index is 2.91. The van der Waals surface area contributed by atoms with Crippen LogP contribution in [-0.2, 0) is 11.2 Å². The third-order valence-electron chi connectivity index (χ3n) is 4.91. The summed E-state index contributed by atoms with van der Waals surface area (Å²) in [6.45, 7) is 7.12. The lowest BCUT2D eigenvalue weighted by Gasteiger charge is -2.36. The van der Waals surface area contributed by atoms with Crippen molar-refractivity contribution in [3.63, 3.8) is 0 Å². The molecule has 160 valence electrons. The number of ketones is 1. The molecule has 29 heavy (non-hydrogen) atoms. The third kappa shape index (κ3) is 4.90. The quantitative estimate of drug-likeness (QED) is 0.423. The van der Waals surface area contributed by atoms with Crippen molar-refractivity contribution in [1.82, 2.24) is 0 Å². The first-order chi connectivity index (χ1) is 13.7. The summed E-state index contributed by atoms with van der Waals surface area (Å²) >= 11 is 0. The molecule has 1 heterocycles. The van der Waals surface area contributed by atoms with Crippen LogP contribution in [0.5, 0.6) is 17.2 Å². The Kier molecular flexibility index (Phi) is 7.30. The number of aliphatic carboxylic acids is 1. The van der Waals surface area contributed by atoms with Gasteiger partial charge in [-0.2, -0.15) is 0 Å². The fourth-order valence-corrected chi connectivity index (χ4v) is 3.57. The molecule has 0 unspecified atom stereocenters. The van der Waals surface area contributed by atoms with Gasteiger partial charge < -0.3 is 24.8 Å². The van der Waals surface area contributed by atoms with Crippen LogP contribution in [0.4, 0.5) is 0 Å². The van der Waals surface area contributed by atoms with E-state index in [0.717, 1.165) is 6.08 Å². The van der Waals surface area contributed by atoms with Gasteiger partial charge >= 0.3 is 5.97 Å². The molecule has 1 aromatic rings. The average molecular weight is 406 g/mol. The molecular formula is C22H30O7. The number of aliphatic hydroxyl groups is 1. The van der Waals surface area contributed by atoms with E-state index in [-0.39, 0.29) is 48.0 Å². The number of carboxylic acid groups (broad SMARTS) is 1. The molecule has 1 aliphatic heterocycles. The lowest BCUT2D eigenvalue weighted by atomic mass is 9.85. The zero-order chi connectivity index (χ0) is 21.8. The molecule has 3 N–H and O–H groups in total. The highest BCUT2D eigenvalue weighted by atomic mass is 16.5. The van der Waals surface area contributed by atoms with E-state index in [9.17, 15) is 24.9 Å². The average Bonchev–Trinajstić information content (AvgIpc) is 2.64. The van der Waals surface area contributed by atoms with E-state index in [1.807, 2.05) is 20.8 Å². The number of hydrogen-bond donors (Lipinski definition) is 3. The molecule has 0 bridgehead atoms. The van der Waals surface area contributed by atoms with Gasteiger partial charge in [0.25, 0.3) is 0 Å². The Labute approximate surface area is 171 Å². The van der Waals surface area contributed by atoms with Gasteiger partial charge in [-0.3, -0.25) is 4.79 Å². The van der Waals surface area contributed by atoms with Gasteiger partial charge in [0.05, 0.1) is 12.2 Å². The van der Waals surface area contributed by atoms with Crippen LogP contribution in [0.1, 0.15) is 74.9 Å². The largest absolute Gasteiger partial charge is 0.506 e. The van der Waals surface area contributed by atoms with Crippen molar-refractivity contribution in [3.05, 3.63) is 22.8 Å². The van der Waals surface area contributed by atoms with Crippen molar-refractivity contribution >= 4 is 17.3 Å². The molecule has 0 saturated carbocycles. The summed E-state index contributed by atoms with van der Waals surface area (Å²) in [6, 6.07) is 0. The van der Waals surface area contributed by atoms with Gasteiger partial charge in [0.2, 0.25) is 0 Å². The molecule has 0 fully saturated rings. The van der Waals surface area contributed by atoms with Gasteiger partial charge in [-0.05, 0) is 38.7 Å². The summed E-state index contributed by atoms with van der Waals surface area (Å²) in [5.41, 5.74) is 0.745. The van der Waals surface area contributed by atoms with Crippen molar-refractivity contribution in [2.75, 3.05) is 13.2 Å². The zero-order valence-electron chi connectivity index (χ0n) is 17.5. The van der Waals surface area contributed by atoms with E-state index in [1.165, 1.54) is 0 Å². The second kappa shape index (κ2) is 9.31. The number of rotatable bonds is 9. The minimum atomic E-state index is -1.14. The Morgan fingerprint density at radius 1 is 1.24 bits per heavy atom. The lowest BCUT2D eigenvalue weighted by Crippen LogP contribution is -2.33. The molecule has 7 heteroatoms. The number of allylic oxidation sites excluding steroid dienone is 1. The second-order valence-electron chi connectivity index (χ2n) is 7.70. The van der Waals surface area contributed by atoms with Crippen molar-refractivity contribution in [2.45, 2.75) is 65.4 Å². The summed E-state index contributed by atoms with van der Waals surface area (Å²) in [5, 5.41) is 29.7. The van der Waals surface area contributed by atoms with Crippen molar-refractivity contribution in [1.29, 1.82) is 0 Å². The van der Waals surface area contributed by atoms with E-state index < -0.39 is 11.6 Å². The molecule has 0 amide bonds. The number of benzene rings is 1. The van der Waals surface area contributed by atoms with E-state index in [4.69, 9.17) is 9.47 Å². The predicted octanol–water partition coefficient (Wildman–Crippen LogP) is 3.73. The smallest absolute Gasteiger partial charge is 0.328 e.